The molecule has 36 heteroatoms. The summed E-state index contributed by atoms with van der Waals surface area (Å²) in [5.74, 6) is -13.8. The first kappa shape index (κ1) is 104. The fourth-order valence-corrected chi connectivity index (χ4v) is 17.2. The van der Waals surface area contributed by atoms with Gasteiger partial charge in [0.2, 0.25) is 82.7 Å². The Bertz CT molecular complexity index is 5130. The van der Waals surface area contributed by atoms with Crippen molar-refractivity contribution in [1.82, 2.24) is 77.8 Å². The van der Waals surface area contributed by atoms with Gasteiger partial charge in [-0.15, -0.1) is 11.8 Å². The number of H-pyrrole nitrogens is 1. The Morgan fingerprint density at radius 2 is 0.992 bits per heavy atom. The molecule has 0 aliphatic carbocycles. The molecule has 35 nitrogen and oxygen atoms in total. The van der Waals surface area contributed by atoms with Crippen molar-refractivity contribution in [2.45, 2.75) is 216 Å². The van der Waals surface area contributed by atoms with Gasteiger partial charge < -0.3 is 104 Å². The number of aromatic hydroxyl groups is 2. The van der Waals surface area contributed by atoms with Crippen molar-refractivity contribution in [2.24, 2.45) is 17.6 Å². The van der Waals surface area contributed by atoms with E-state index in [-0.39, 0.29) is 112 Å². The number of carboxylic acids is 1. The maximum Gasteiger partial charge on any atom is 0.305 e. The van der Waals surface area contributed by atoms with Gasteiger partial charge in [0.15, 0.2) is 0 Å². The van der Waals surface area contributed by atoms with Crippen molar-refractivity contribution in [1.29, 1.82) is 0 Å². The van der Waals surface area contributed by atoms with Crippen LogP contribution in [0.5, 0.6) is 11.5 Å². The van der Waals surface area contributed by atoms with Crippen LogP contribution in [0.4, 0.5) is 0 Å². The molecular weight excluding hydrogens is 1730 g/mol. The number of hydrogen-bond donors (Lipinski definition) is 16. The second-order valence-electron chi connectivity index (χ2n) is 34.6. The molecule has 2 aliphatic rings. The van der Waals surface area contributed by atoms with Gasteiger partial charge in [-0.2, -0.15) is 0 Å². The molecule has 0 saturated carbocycles. The Kier molecular flexibility index (Phi) is 39.7. The fourth-order valence-electron chi connectivity index (χ4n) is 16.3. The smallest absolute Gasteiger partial charge is 0.305 e. The number of thioether (sulfide) groups is 1. The highest BCUT2D eigenvalue weighted by Gasteiger charge is 2.45. The fraction of sp³-hybridized carbons (Fsp3) is 0.454. The van der Waals surface area contributed by atoms with Crippen molar-refractivity contribution in [3.63, 3.8) is 0 Å². The number of nitrogens with zero attached hydrogens (tertiary/aromatic N) is 4. The third-order valence-electron chi connectivity index (χ3n) is 23.6. The summed E-state index contributed by atoms with van der Waals surface area (Å²) in [6.07, 6.45) is 1.34. The van der Waals surface area contributed by atoms with Crippen LogP contribution in [0.1, 0.15) is 132 Å². The first-order valence-electron chi connectivity index (χ1n) is 45.1. The molecule has 133 heavy (non-hydrogen) atoms. The van der Waals surface area contributed by atoms with Gasteiger partial charge in [-0.05, 0) is 120 Å². The van der Waals surface area contributed by atoms with E-state index in [1.54, 1.807) is 120 Å². The van der Waals surface area contributed by atoms with Crippen LogP contribution in [0.25, 0.3) is 10.9 Å². The topological polar surface area (TPSA) is 512 Å². The van der Waals surface area contributed by atoms with Crippen LogP contribution in [0.3, 0.4) is 0 Å². The normalized spacial score (nSPS) is 16.1. The molecule has 2 aliphatic heterocycles. The maximum absolute atomic E-state index is 15.8. The number of aryl methyl sites for hydroxylation is 1. The average molecular weight is 1850 g/mol. The molecule has 0 bridgehead atoms. The predicted octanol–water partition coefficient (Wildman–Crippen LogP) is 3.48. The van der Waals surface area contributed by atoms with Crippen LogP contribution in [-0.4, -0.2) is 265 Å². The van der Waals surface area contributed by atoms with Crippen molar-refractivity contribution in [2.75, 3.05) is 52.3 Å². The summed E-state index contributed by atoms with van der Waals surface area (Å²) in [7, 11) is 4.31. The highest BCUT2D eigenvalue weighted by Crippen LogP contribution is 2.28. The number of carbonyl (C=O) groups is 15. The second-order valence-corrected chi connectivity index (χ2v) is 35.6. The van der Waals surface area contributed by atoms with Crippen molar-refractivity contribution >= 4 is 111 Å². The van der Waals surface area contributed by atoms with Crippen LogP contribution in [-0.2, 0) is 110 Å². The molecule has 9 rings (SSSR count). The SMILES string of the molecule is CCCCC(C(=O)N1CCCC1C(=O)NC(CC(=O)O)C(=O)NC(C(=O)N(C)C(Cc1ccccc1)C(=O)NC(Cc1ccc(O)cc1)C(=O)N1CCCC1C(=O)NC(Cc1c[nH]c2ccccc12)C(=O)NC(Cc1ccc(O)cc1)C(=O)NC(CC(C)C)C(=O)NC(CSCC(=O)NC(Cc1ccccc1)C(=O)NC)C(=O)NCC(N)O)C(C)C)N(C)C(=O)CCc1ccccc1. The van der Waals surface area contributed by atoms with Crippen LogP contribution < -0.4 is 58.9 Å². The Morgan fingerprint density at radius 3 is 1.54 bits per heavy atom. The number of carboxylic acid groups (broad SMARTS) is 1. The van der Waals surface area contributed by atoms with Crippen molar-refractivity contribution in [3.8, 4) is 11.5 Å². The molecule has 714 valence electrons. The van der Waals surface area contributed by atoms with E-state index in [4.69, 9.17) is 5.73 Å². The highest BCUT2D eigenvalue weighted by atomic mass is 32.2. The minimum Gasteiger partial charge on any atom is -0.508 e. The number of likely N-dealkylation sites (N-methyl/N-ethyl adjacent to an activating group) is 3. The summed E-state index contributed by atoms with van der Waals surface area (Å²) in [4.78, 5) is 227. The predicted molar refractivity (Wildman–Crippen MR) is 499 cm³/mol. The number of aliphatic hydroxyl groups is 1. The number of nitrogens with one attached hydrogen (secondary N) is 11. The largest absolute Gasteiger partial charge is 0.508 e. The van der Waals surface area contributed by atoms with Crippen LogP contribution in [0, 0.1) is 11.8 Å². The lowest BCUT2D eigenvalue weighted by molar-refractivity contribution is -0.148. The van der Waals surface area contributed by atoms with Crippen LogP contribution in [0.15, 0.2) is 170 Å². The summed E-state index contributed by atoms with van der Waals surface area (Å²) in [5.41, 5.74) is 9.92. The third-order valence-corrected chi connectivity index (χ3v) is 24.7. The molecular formula is C97H126N16O19S. The van der Waals surface area contributed by atoms with E-state index in [9.17, 15) is 63.6 Å². The van der Waals surface area contributed by atoms with Gasteiger partial charge in [0.1, 0.15) is 90.2 Å². The number of aliphatic hydroxyl groups excluding tert-OH is 1. The number of amides is 14. The Morgan fingerprint density at radius 1 is 0.511 bits per heavy atom. The number of hydrogen-bond acceptors (Lipinski definition) is 20. The lowest BCUT2D eigenvalue weighted by Crippen LogP contribution is -2.62. The number of benzene rings is 6. The zero-order valence-corrected chi connectivity index (χ0v) is 77.2. The van der Waals surface area contributed by atoms with Gasteiger partial charge in [0, 0.05) is 95.6 Å². The number of para-hydroxylation sites is 1. The van der Waals surface area contributed by atoms with E-state index in [2.05, 4.69) is 58.2 Å². The number of phenols is 2. The zero-order chi connectivity index (χ0) is 96.5. The monoisotopic (exact) mass is 1850 g/mol. The Hall–Kier alpha value is -13.2. The molecule has 13 atom stereocenters. The number of rotatable bonds is 49. The van der Waals surface area contributed by atoms with Crippen molar-refractivity contribution < 1.29 is 92.3 Å². The lowest BCUT2D eigenvalue weighted by atomic mass is 9.98. The maximum atomic E-state index is 15.8. The molecule has 2 fully saturated rings. The summed E-state index contributed by atoms with van der Waals surface area (Å²) in [5, 5.41) is 68.8. The first-order valence-corrected chi connectivity index (χ1v) is 46.3. The van der Waals surface area contributed by atoms with Gasteiger partial charge in [0.05, 0.1) is 18.7 Å². The second kappa shape index (κ2) is 51.0. The number of aromatic amines is 1. The highest BCUT2D eigenvalue weighted by molar-refractivity contribution is 8.00. The molecule has 6 aromatic carbocycles. The summed E-state index contributed by atoms with van der Waals surface area (Å²) < 4.78 is 0. The van der Waals surface area contributed by atoms with E-state index >= 15 is 28.8 Å². The van der Waals surface area contributed by atoms with Gasteiger partial charge in [-0.25, -0.2) is 0 Å². The van der Waals surface area contributed by atoms with E-state index in [1.165, 1.54) is 77.3 Å². The number of carbonyl (C=O) groups excluding carboxylic acids is 14. The molecule has 1 aromatic heterocycles. The van der Waals surface area contributed by atoms with E-state index < -0.39 is 180 Å². The van der Waals surface area contributed by atoms with Gasteiger partial charge in [0.25, 0.3) is 0 Å². The number of aliphatic carboxylic acids is 1. The minimum absolute atomic E-state index is 0.0347. The number of phenolic OH excluding ortho intramolecular Hbond substituents is 2. The number of fused-ring (bicyclic) bond motifs is 1. The van der Waals surface area contributed by atoms with E-state index in [0.29, 0.717) is 65.3 Å². The van der Waals surface area contributed by atoms with Gasteiger partial charge >= 0.3 is 5.97 Å². The molecule has 13 unspecified atom stereocenters. The van der Waals surface area contributed by atoms with Gasteiger partial charge in [-0.1, -0.05) is 181 Å². The third kappa shape index (κ3) is 30.9. The summed E-state index contributed by atoms with van der Waals surface area (Å²) in [6, 6.07) is 29.1. The zero-order valence-electron chi connectivity index (χ0n) is 76.4. The number of nitrogens with two attached hydrogens (primary N) is 1. The number of aromatic nitrogens is 1. The first-order chi connectivity index (χ1) is 63.6. The number of unbranched alkanes of at least 4 members (excludes halogenated alkanes) is 1. The van der Waals surface area contributed by atoms with E-state index in [0.717, 1.165) is 27.8 Å². The molecule has 2 saturated heterocycles. The Labute approximate surface area is 778 Å². The lowest BCUT2D eigenvalue weighted by Gasteiger charge is -2.35. The summed E-state index contributed by atoms with van der Waals surface area (Å²) in [6.45, 7) is 8.35. The van der Waals surface area contributed by atoms with Gasteiger partial charge in [-0.3, -0.25) is 71.9 Å². The molecule has 0 radical (unpaired) electrons. The Balaban J connectivity index is 0.947. The minimum atomic E-state index is -1.80. The van der Waals surface area contributed by atoms with Crippen LogP contribution >= 0.6 is 11.8 Å². The molecule has 0 spiro atoms. The van der Waals surface area contributed by atoms with Crippen LogP contribution in [0.2, 0.25) is 0 Å². The summed E-state index contributed by atoms with van der Waals surface area (Å²) >= 11 is 0.941. The van der Waals surface area contributed by atoms with E-state index in [1.807, 2.05) is 43.3 Å². The molecule has 17 N–H and O–H groups in total. The molecule has 3 heterocycles. The molecule has 7 aromatic rings. The average Bonchev–Trinajstić information content (AvgIpc) is 1.75. The quantitative estimate of drug-likeness (QED) is 0.0243. The van der Waals surface area contributed by atoms with Crippen molar-refractivity contribution in [3.05, 3.63) is 203 Å². The standard InChI is InChI=1S/C97H126N16O19S/c1-9-10-32-79(110(7)83(118)44-39-60-24-14-11-15-25-60)96(131)113-46-23-34-78(113)93(128)106-74(53-84(119)120)91(126)109-85(59(4)5)97(132)111(8)80(51-62-28-18-13-19-29-62)94(129)107-75(50-64-37-42-67(115)43-38-64)95(130)112-45-22-33-77(112)92(127)105-73(52-65-54-100-69-31-21-20-30-68(65)69)90(125)104-72(49-63-35-40-66(114)41-36-63)89(124)103-70(47-58(2)3)88(123)108-76(87(122)101-55-81(98)116)56-133-57-82(117)102-71(86(121)99-6)48-61-26-16-12-17-27-61/h11-21,24-31,35-38,40-43,54,58-59,70-81,85,100,114-116H,9-10,22-23,32-34,39,44-53,55-57,98H2,1-8H3,(H,99,121)(H,101,122)(H,102,117)(H,103,124)(H,104,125)(H,105,127)(H,106,128)(H,107,129)(H,108,123)(H,109,126)(H,119,120). The molecule has 14 amide bonds. The number of likely N-dealkylation sites (tertiary alicyclic amines) is 2.